The molecule has 5 N–H and O–H groups in total. The second-order valence-electron chi connectivity index (χ2n) is 10.1. The van der Waals surface area contributed by atoms with Gasteiger partial charge in [0, 0.05) is 36.1 Å². The fraction of sp³-hybridized carbons (Fsp3) is 0.321. The van der Waals surface area contributed by atoms with Crippen LogP contribution in [0.4, 0.5) is 21.5 Å². The zero-order chi connectivity index (χ0) is 26.6. The van der Waals surface area contributed by atoms with Gasteiger partial charge in [0.2, 0.25) is 5.43 Å². The van der Waals surface area contributed by atoms with Gasteiger partial charge in [-0.2, -0.15) is 0 Å². The number of para-hydroxylation sites is 1. The number of rotatable bonds is 6. The van der Waals surface area contributed by atoms with E-state index in [0.29, 0.717) is 18.6 Å². The molecule has 2 aliphatic rings. The average molecular weight is 518 g/mol. The van der Waals surface area contributed by atoms with Crippen molar-refractivity contribution in [3.8, 4) is 5.75 Å². The monoisotopic (exact) mass is 517 g/mol. The Kier molecular flexibility index (Phi) is 5.62. The molecule has 4 aromatic rings. The molecule has 0 saturated heterocycles. The van der Waals surface area contributed by atoms with E-state index in [-0.39, 0.29) is 29.1 Å². The lowest BCUT2D eigenvalue weighted by atomic mass is 9.93. The van der Waals surface area contributed by atoms with Crippen LogP contribution in [0.5, 0.6) is 5.75 Å². The number of carboxylic acids is 1. The van der Waals surface area contributed by atoms with E-state index < -0.39 is 28.3 Å². The number of halogens is 1. The summed E-state index contributed by atoms with van der Waals surface area (Å²) in [6.45, 7) is 2.97. The molecule has 6 rings (SSSR count). The summed E-state index contributed by atoms with van der Waals surface area (Å²) in [5.74, 6) is -2.01. The molecule has 38 heavy (non-hydrogen) atoms. The number of ether oxygens (including phenoxy) is 1. The van der Waals surface area contributed by atoms with Crippen molar-refractivity contribution in [1.82, 2.24) is 9.55 Å². The van der Waals surface area contributed by atoms with E-state index in [1.54, 1.807) is 0 Å². The third kappa shape index (κ3) is 3.62. The highest BCUT2D eigenvalue weighted by Crippen LogP contribution is 2.48. The second kappa shape index (κ2) is 8.90. The molecule has 10 heteroatoms. The van der Waals surface area contributed by atoms with Crippen LogP contribution in [0, 0.1) is 12.7 Å². The molecule has 1 aliphatic carbocycles. The Hall–Kier alpha value is -4.34. The minimum atomic E-state index is -1.37. The van der Waals surface area contributed by atoms with E-state index in [0.717, 1.165) is 48.0 Å². The van der Waals surface area contributed by atoms with E-state index in [1.165, 1.54) is 6.20 Å². The molecule has 2 aromatic carbocycles. The molecule has 196 valence electrons. The first kappa shape index (κ1) is 24.0. The molecule has 1 spiro atoms. The maximum atomic E-state index is 15.6. The van der Waals surface area contributed by atoms with Crippen molar-refractivity contribution >= 4 is 44.8 Å². The van der Waals surface area contributed by atoms with Crippen LogP contribution in [0.2, 0.25) is 0 Å². The molecule has 0 bridgehead atoms. The third-order valence-electron chi connectivity index (χ3n) is 7.72. The smallest absolute Gasteiger partial charge is 0.341 e. The molecular weight excluding hydrogens is 489 g/mol. The van der Waals surface area contributed by atoms with Crippen molar-refractivity contribution in [3.05, 3.63) is 63.8 Å². The Bertz CT molecular complexity index is 1680. The number of anilines is 3. The number of nitrogens with two attached hydrogens (primary N) is 1. The van der Waals surface area contributed by atoms with E-state index in [1.807, 2.05) is 41.8 Å². The topological polar surface area (TPSA) is 132 Å². The van der Waals surface area contributed by atoms with Crippen LogP contribution < -0.4 is 26.5 Å². The number of nitrogens with zero attached hydrogens (tertiary/aromatic N) is 2. The van der Waals surface area contributed by atoms with Gasteiger partial charge >= 0.3 is 5.97 Å². The molecule has 3 heterocycles. The zero-order valence-electron chi connectivity index (χ0n) is 20.9. The molecule has 1 saturated carbocycles. The van der Waals surface area contributed by atoms with Crippen molar-refractivity contribution in [2.24, 2.45) is 0 Å². The number of hydrogen-bond donors (Lipinski definition) is 4. The maximum absolute atomic E-state index is 15.6. The minimum Gasteiger partial charge on any atom is -0.487 e. The molecule has 0 amide bonds. The number of aryl methyl sites for hydroxylation is 1. The fourth-order valence-electron chi connectivity index (χ4n) is 5.91. The number of aromatic nitrogens is 2. The van der Waals surface area contributed by atoms with E-state index >= 15 is 4.39 Å². The number of aromatic carboxylic acids is 1. The van der Waals surface area contributed by atoms with Gasteiger partial charge in [-0.25, -0.2) is 9.18 Å². The summed E-state index contributed by atoms with van der Waals surface area (Å²) >= 11 is 0. The van der Waals surface area contributed by atoms with Crippen molar-refractivity contribution in [2.75, 3.05) is 36.1 Å². The first-order valence-corrected chi connectivity index (χ1v) is 12.7. The largest absolute Gasteiger partial charge is 0.487 e. The molecule has 1 fully saturated rings. The van der Waals surface area contributed by atoms with Gasteiger partial charge in [-0.1, -0.05) is 31.0 Å². The van der Waals surface area contributed by atoms with Gasteiger partial charge in [-0.3, -0.25) is 9.78 Å². The number of benzene rings is 2. The third-order valence-corrected chi connectivity index (χ3v) is 7.72. The number of nitrogens with one attached hydrogen (secondary N) is 2. The average Bonchev–Trinajstić information content (AvgIpc) is 3.37. The summed E-state index contributed by atoms with van der Waals surface area (Å²) in [7, 11) is 0. The quantitative estimate of drug-likeness (QED) is 0.218. The molecule has 9 nitrogen and oxygen atoms in total. The van der Waals surface area contributed by atoms with E-state index in [4.69, 9.17) is 10.5 Å². The normalized spacial score (nSPS) is 15.6. The lowest BCUT2D eigenvalue weighted by Crippen LogP contribution is -2.42. The van der Waals surface area contributed by atoms with Crippen LogP contribution in [-0.4, -0.2) is 40.3 Å². The Labute approximate surface area is 217 Å². The second-order valence-corrected chi connectivity index (χ2v) is 10.1. The standard InChI is InChI=1S/C28H28FN5O4/c1-15-12-19(16-6-2-3-7-18(16)33-15)31-10-11-32-23-21(29)22(30)20-24-26(23)38-14-28(8-4-5-9-28)34(24)13-17(25(20)35)27(36)37/h2-3,6-7,12-13,32H,4-5,8-11,14,30H2,1H3,(H,31,33)(H,36,37). The van der Waals surface area contributed by atoms with Crippen LogP contribution in [0.15, 0.2) is 41.3 Å². The molecule has 1 aliphatic heterocycles. The van der Waals surface area contributed by atoms with Crippen molar-refractivity contribution in [3.63, 3.8) is 0 Å². The Morgan fingerprint density at radius 1 is 1.24 bits per heavy atom. The van der Waals surface area contributed by atoms with Gasteiger partial charge in [-0.05, 0) is 31.9 Å². The van der Waals surface area contributed by atoms with Crippen LogP contribution >= 0.6 is 0 Å². The predicted octanol–water partition coefficient (Wildman–Crippen LogP) is 4.46. The highest BCUT2D eigenvalue weighted by atomic mass is 19.1. The minimum absolute atomic E-state index is 0.0663. The summed E-state index contributed by atoms with van der Waals surface area (Å²) < 4.78 is 23.6. The fourth-order valence-corrected chi connectivity index (χ4v) is 5.91. The summed E-state index contributed by atoms with van der Waals surface area (Å²) in [4.78, 5) is 29.6. The number of carboxylic acid groups (broad SMARTS) is 1. The zero-order valence-corrected chi connectivity index (χ0v) is 20.9. The van der Waals surface area contributed by atoms with Gasteiger partial charge < -0.3 is 30.8 Å². The molecule has 0 unspecified atom stereocenters. The highest BCUT2D eigenvalue weighted by Gasteiger charge is 2.43. The van der Waals surface area contributed by atoms with Crippen molar-refractivity contribution in [1.29, 1.82) is 0 Å². The first-order chi connectivity index (χ1) is 18.3. The summed E-state index contributed by atoms with van der Waals surface area (Å²) in [5, 5.41) is 17.0. The van der Waals surface area contributed by atoms with Gasteiger partial charge in [-0.15, -0.1) is 0 Å². The van der Waals surface area contributed by atoms with Crippen LogP contribution in [0.25, 0.3) is 21.8 Å². The number of hydrogen-bond acceptors (Lipinski definition) is 7. The predicted molar refractivity (Wildman–Crippen MR) is 145 cm³/mol. The van der Waals surface area contributed by atoms with Crippen molar-refractivity contribution < 1.29 is 19.0 Å². The first-order valence-electron chi connectivity index (χ1n) is 12.7. The number of nitrogen functional groups attached to an aromatic ring is 1. The number of pyridine rings is 2. The van der Waals surface area contributed by atoms with E-state index in [2.05, 4.69) is 15.6 Å². The Morgan fingerprint density at radius 3 is 2.74 bits per heavy atom. The Balaban J connectivity index is 1.38. The molecular formula is C28H28FN5O4. The van der Waals surface area contributed by atoms with Crippen LogP contribution in [0.1, 0.15) is 41.7 Å². The number of fused-ring (bicyclic) bond motifs is 2. The highest BCUT2D eigenvalue weighted by molar-refractivity contribution is 6.03. The SMILES string of the molecule is Cc1cc(NCCNc2c(F)c(N)c3c(=O)c(C(=O)O)cn4c3c2OCC42CCCC2)c2ccccc2n1. The summed E-state index contributed by atoms with van der Waals surface area (Å²) in [6.07, 6.45) is 4.82. The maximum Gasteiger partial charge on any atom is 0.341 e. The molecule has 2 aromatic heterocycles. The van der Waals surface area contributed by atoms with Gasteiger partial charge in [0.15, 0.2) is 11.6 Å². The van der Waals surface area contributed by atoms with Gasteiger partial charge in [0.25, 0.3) is 0 Å². The molecule has 0 radical (unpaired) electrons. The van der Waals surface area contributed by atoms with Crippen LogP contribution in [0.3, 0.4) is 0 Å². The molecule has 0 atom stereocenters. The van der Waals surface area contributed by atoms with Crippen LogP contribution in [-0.2, 0) is 5.54 Å². The van der Waals surface area contributed by atoms with Gasteiger partial charge in [0.05, 0.1) is 27.6 Å². The number of carbonyl (C=O) groups is 1. The van der Waals surface area contributed by atoms with E-state index in [9.17, 15) is 14.7 Å². The van der Waals surface area contributed by atoms with Gasteiger partial charge in [0.1, 0.15) is 17.9 Å². The summed E-state index contributed by atoms with van der Waals surface area (Å²) in [6, 6.07) is 9.79. The lowest BCUT2D eigenvalue weighted by Gasteiger charge is -2.39. The Morgan fingerprint density at radius 2 is 1.97 bits per heavy atom. The lowest BCUT2D eigenvalue weighted by molar-refractivity contribution is 0.0692. The summed E-state index contributed by atoms with van der Waals surface area (Å²) in [5.41, 5.74) is 7.15. The van der Waals surface area contributed by atoms with Crippen molar-refractivity contribution in [2.45, 2.75) is 38.1 Å².